The van der Waals surface area contributed by atoms with E-state index >= 15 is 0 Å². The van der Waals surface area contributed by atoms with Gasteiger partial charge in [0.2, 0.25) is 6.79 Å². The topological polar surface area (TPSA) is 112 Å². The Hall–Kier alpha value is -2.97. The van der Waals surface area contributed by atoms with Crippen LogP contribution in [0.5, 0.6) is 11.5 Å². The van der Waals surface area contributed by atoms with Crippen LogP contribution in [0, 0.1) is 0 Å². The fraction of sp³-hybridized carbons (Fsp3) is 0.526. The summed E-state index contributed by atoms with van der Waals surface area (Å²) in [7, 11) is 0. The minimum absolute atomic E-state index is 0.0585. The molecule has 9 nitrogen and oxygen atoms in total. The summed E-state index contributed by atoms with van der Waals surface area (Å²) in [5, 5.41) is 5.19. The summed E-state index contributed by atoms with van der Waals surface area (Å²) in [6.07, 6.45) is -0.680. The van der Waals surface area contributed by atoms with E-state index in [1.807, 2.05) is 13.0 Å². The molecule has 2 N–H and O–H groups in total. The van der Waals surface area contributed by atoms with Crippen molar-refractivity contribution in [2.45, 2.75) is 45.8 Å². The molecule has 2 rings (SSSR count). The minimum Gasteiger partial charge on any atom is -0.456 e. The Balaban J connectivity index is 1.66. The van der Waals surface area contributed by atoms with E-state index in [1.54, 1.807) is 32.9 Å². The van der Waals surface area contributed by atoms with Crippen LogP contribution in [0.3, 0.4) is 0 Å². The van der Waals surface area contributed by atoms with Crippen LogP contribution in [0.15, 0.2) is 18.2 Å². The summed E-state index contributed by atoms with van der Waals surface area (Å²) in [6, 6.07) is 5.10. The van der Waals surface area contributed by atoms with Crippen LogP contribution in [0.1, 0.15) is 45.7 Å². The van der Waals surface area contributed by atoms with Crippen LogP contribution in [0.25, 0.3) is 0 Å². The van der Waals surface area contributed by atoms with Gasteiger partial charge >= 0.3 is 12.1 Å². The first-order valence-electron chi connectivity index (χ1n) is 8.95. The molecule has 0 saturated heterocycles. The van der Waals surface area contributed by atoms with E-state index in [4.69, 9.17) is 18.9 Å². The molecular formula is C19H26N2O7. The Bertz CT molecular complexity index is 727. The van der Waals surface area contributed by atoms with E-state index in [0.29, 0.717) is 11.5 Å². The fourth-order valence-corrected chi connectivity index (χ4v) is 2.35. The first-order chi connectivity index (χ1) is 13.1. The van der Waals surface area contributed by atoms with Gasteiger partial charge in [-0.05, 0) is 45.4 Å². The smallest absolute Gasteiger partial charge is 0.407 e. The van der Waals surface area contributed by atoms with Crippen LogP contribution in [0.4, 0.5) is 4.79 Å². The fourth-order valence-electron chi connectivity index (χ4n) is 2.35. The van der Waals surface area contributed by atoms with Crippen LogP contribution >= 0.6 is 0 Å². The van der Waals surface area contributed by atoms with Gasteiger partial charge in [-0.3, -0.25) is 9.59 Å². The van der Waals surface area contributed by atoms with Crippen molar-refractivity contribution in [3.63, 3.8) is 0 Å². The number of nitrogens with one attached hydrogen (secondary N) is 2. The lowest BCUT2D eigenvalue weighted by Gasteiger charge is -2.19. The van der Waals surface area contributed by atoms with Crippen molar-refractivity contribution in [2.24, 2.45) is 0 Å². The number of hydrogen-bond acceptors (Lipinski definition) is 7. The number of rotatable bonds is 7. The molecule has 1 aromatic carbocycles. The first-order valence-corrected chi connectivity index (χ1v) is 8.95. The van der Waals surface area contributed by atoms with Crippen molar-refractivity contribution in [1.29, 1.82) is 0 Å². The molecule has 1 aliphatic heterocycles. The van der Waals surface area contributed by atoms with Gasteiger partial charge in [0.25, 0.3) is 5.91 Å². The van der Waals surface area contributed by atoms with Gasteiger partial charge in [0, 0.05) is 6.54 Å². The Morgan fingerprint density at radius 1 is 1.18 bits per heavy atom. The summed E-state index contributed by atoms with van der Waals surface area (Å²) in [5.74, 6) is 0.263. The maximum atomic E-state index is 12.0. The molecule has 0 saturated carbocycles. The summed E-state index contributed by atoms with van der Waals surface area (Å²) in [6.45, 7) is 6.86. The zero-order chi connectivity index (χ0) is 20.7. The number of benzene rings is 1. The molecule has 2 amide bonds. The second-order valence-electron chi connectivity index (χ2n) is 7.24. The normalized spacial score (nSPS) is 13.4. The molecule has 1 aromatic rings. The van der Waals surface area contributed by atoms with Crippen molar-refractivity contribution in [2.75, 3.05) is 19.9 Å². The standard InChI is InChI=1S/C19H26N2O7/c1-12(13-5-6-14-15(9-13)27-11-26-14)21-16(22)10-25-17(23)7-8-20-18(24)28-19(2,3)4/h5-6,9,12H,7-8,10-11H2,1-4H3,(H,20,24)(H,21,22)/t12-/m0/s1. The van der Waals surface area contributed by atoms with Gasteiger partial charge in [-0.25, -0.2) is 4.79 Å². The van der Waals surface area contributed by atoms with Crippen LogP contribution in [-0.4, -0.2) is 43.5 Å². The number of carbonyl (C=O) groups excluding carboxylic acids is 3. The maximum Gasteiger partial charge on any atom is 0.407 e. The molecule has 1 atom stereocenters. The predicted octanol–water partition coefficient (Wildman–Crippen LogP) is 2.05. The van der Waals surface area contributed by atoms with E-state index in [-0.39, 0.29) is 25.8 Å². The molecule has 28 heavy (non-hydrogen) atoms. The summed E-state index contributed by atoms with van der Waals surface area (Å²) in [4.78, 5) is 35.1. The first kappa shape index (κ1) is 21.3. The number of alkyl carbamates (subject to hydrolysis) is 1. The lowest BCUT2D eigenvalue weighted by Crippen LogP contribution is -2.34. The number of ether oxygens (including phenoxy) is 4. The van der Waals surface area contributed by atoms with Crippen LogP contribution in [-0.2, 0) is 19.1 Å². The maximum absolute atomic E-state index is 12.0. The third-order valence-corrected chi connectivity index (χ3v) is 3.64. The Kier molecular flexibility index (Phi) is 7.08. The molecule has 0 spiro atoms. The summed E-state index contributed by atoms with van der Waals surface area (Å²) >= 11 is 0. The number of carbonyl (C=O) groups is 3. The zero-order valence-corrected chi connectivity index (χ0v) is 16.5. The third kappa shape index (κ3) is 6.98. The summed E-state index contributed by atoms with van der Waals surface area (Å²) in [5.41, 5.74) is 0.225. The van der Waals surface area contributed by atoms with Crippen molar-refractivity contribution in [3.05, 3.63) is 23.8 Å². The summed E-state index contributed by atoms with van der Waals surface area (Å²) < 4.78 is 20.5. The van der Waals surface area contributed by atoms with E-state index in [1.165, 1.54) is 0 Å². The average Bonchev–Trinajstić information content (AvgIpc) is 3.06. The Morgan fingerprint density at radius 2 is 1.89 bits per heavy atom. The van der Waals surface area contributed by atoms with E-state index in [9.17, 15) is 14.4 Å². The van der Waals surface area contributed by atoms with Gasteiger partial charge in [-0.2, -0.15) is 0 Å². The van der Waals surface area contributed by atoms with Gasteiger partial charge in [-0.15, -0.1) is 0 Å². The second-order valence-corrected chi connectivity index (χ2v) is 7.24. The molecule has 0 radical (unpaired) electrons. The Labute approximate surface area is 163 Å². The molecule has 0 unspecified atom stereocenters. The van der Waals surface area contributed by atoms with Crippen molar-refractivity contribution < 1.29 is 33.3 Å². The molecule has 0 aliphatic carbocycles. The molecule has 0 bridgehead atoms. The van der Waals surface area contributed by atoms with E-state index in [0.717, 1.165) is 5.56 Å². The molecule has 0 aromatic heterocycles. The number of esters is 1. The van der Waals surface area contributed by atoms with Crippen molar-refractivity contribution in [1.82, 2.24) is 10.6 Å². The van der Waals surface area contributed by atoms with Gasteiger partial charge in [0.1, 0.15) is 5.60 Å². The molecule has 1 aliphatic rings. The van der Waals surface area contributed by atoms with Gasteiger partial charge in [0.15, 0.2) is 18.1 Å². The molecule has 1 heterocycles. The van der Waals surface area contributed by atoms with Crippen LogP contribution < -0.4 is 20.1 Å². The van der Waals surface area contributed by atoms with Crippen molar-refractivity contribution in [3.8, 4) is 11.5 Å². The highest BCUT2D eigenvalue weighted by molar-refractivity contribution is 5.81. The average molecular weight is 394 g/mol. The second kappa shape index (κ2) is 9.29. The van der Waals surface area contributed by atoms with E-state index < -0.39 is 30.2 Å². The van der Waals surface area contributed by atoms with Gasteiger partial charge in [0.05, 0.1) is 12.5 Å². The highest BCUT2D eigenvalue weighted by Crippen LogP contribution is 2.34. The minimum atomic E-state index is -0.615. The number of hydrogen-bond donors (Lipinski definition) is 2. The number of fused-ring (bicyclic) bond motifs is 1. The Morgan fingerprint density at radius 3 is 2.61 bits per heavy atom. The monoisotopic (exact) mass is 394 g/mol. The lowest BCUT2D eigenvalue weighted by atomic mass is 10.1. The molecule has 154 valence electrons. The third-order valence-electron chi connectivity index (χ3n) is 3.64. The van der Waals surface area contributed by atoms with Crippen molar-refractivity contribution >= 4 is 18.0 Å². The number of amides is 2. The molecular weight excluding hydrogens is 368 g/mol. The zero-order valence-electron chi connectivity index (χ0n) is 16.5. The molecule has 0 fully saturated rings. The highest BCUT2D eigenvalue weighted by Gasteiger charge is 2.18. The van der Waals surface area contributed by atoms with E-state index in [2.05, 4.69) is 10.6 Å². The molecule has 9 heteroatoms. The van der Waals surface area contributed by atoms with Gasteiger partial charge in [-0.1, -0.05) is 6.07 Å². The predicted molar refractivity (Wildman–Crippen MR) is 98.9 cm³/mol. The largest absolute Gasteiger partial charge is 0.456 e. The van der Waals surface area contributed by atoms with Crippen LogP contribution in [0.2, 0.25) is 0 Å². The quantitative estimate of drug-likeness (QED) is 0.681. The SMILES string of the molecule is C[C@H](NC(=O)COC(=O)CCNC(=O)OC(C)(C)C)c1ccc2c(c1)OCO2. The highest BCUT2D eigenvalue weighted by atomic mass is 16.7. The lowest BCUT2D eigenvalue weighted by molar-refractivity contribution is -0.148. The van der Waals surface area contributed by atoms with Gasteiger partial charge < -0.3 is 29.6 Å².